The van der Waals surface area contributed by atoms with Gasteiger partial charge in [0.1, 0.15) is 10.9 Å². The van der Waals surface area contributed by atoms with E-state index in [2.05, 4.69) is 4.98 Å². The van der Waals surface area contributed by atoms with Gasteiger partial charge in [-0.3, -0.25) is 9.36 Å². The van der Waals surface area contributed by atoms with Crippen molar-refractivity contribution in [1.29, 1.82) is 0 Å². The lowest BCUT2D eigenvalue weighted by atomic mass is 10.1. The van der Waals surface area contributed by atoms with Crippen LogP contribution in [0.2, 0.25) is 5.15 Å². The van der Waals surface area contributed by atoms with Gasteiger partial charge in [0.05, 0.1) is 5.69 Å². The Labute approximate surface area is 115 Å². The van der Waals surface area contributed by atoms with E-state index in [1.165, 1.54) is 6.07 Å². The fourth-order valence-electron chi connectivity index (χ4n) is 2.46. The minimum atomic E-state index is -0.262. The molecule has 1 saturated carbocycles. The Morgan fingerprint density at radius 3 is 2.79 bits per heavy atom. The van der Waals surface area contributed by atoms with E-state index in [4.69, 9.17) is 11.6 Å². The van der Waals surface area contributed by atoms with E-state index in [0.717, 1.165) is 24.1 Å². The Balaban J connectivity index is 2.26. The van der Waals surface area contributed by atoms with E-state index in [-0.39, 0.29) is 11.3 Å². The SMILES string of the molecule is Cc1c(C2CC2)c(O)cc(=O)n1-c1ccnc(Cl)c1. The van der Waals surface area contributed by atoms with Crippen LogP contribution in [0, 0.1) is 6.92 Å². The highest BCUT2D eigenvalue weighted by Crippen LogP contribution is 2.45. The van der Waals surface area contributed by atoms with Crippen LogP contribution in [0.25, 0.3) is 5.69 Å². The van der Waals surface area contributed by atoms with Crippen molar-refractivity contribution < 1.29 is 5.11 Å². The highest BCUT2D eigenvalue weighted by molar-refractivity contribution is 6.29. The normalized spacial score (nSPS) is 14.6. The van der Waals surface area contributed by atoms with Crippen LogP contribution in [0.4, 0.5) is 0 Å². The fourth-order valence-corrected chi connectivity index (χ4v) is 2.63. The van der Waals surface area contributed by atoms with Gasteiger partial charge in [0.25, 0.3) is 5.56 Å². The molecule has 0 radical (unpaired) electrons. The van der Waals surface area contributed by atoms with Gasteiger partial charge in [0.15, 0.2) is 0 Å². The minimum Gasteiger partial charge on any atom is -0.507 e. The van der Waals surface area contributed by atoms with Crippen LogP contribution in [0.1, 0.15) is 30.0 Å². The first kappa shape index (κ1) is 12.2. The van der Waals surface area contributed by atoms with E-state index < -0.39 is 0 Å². The number of aromatic hydroxyl groups is 1. The van der Waals surface area contributed by atoms with Crippen molar-refractivity contribution in [3.8, 4) is 11.4 Å². The highest BCUT2D eigenvalue weighted by Gasteiger charge is 2.29. The van der Waals surface area contributed by atoms with Crippen molar-refractivity contribution in [2.75, 3.05) is 0 Å². The van der Waals surface area contributed by atoms with Gasteiger partial charge in [0.2, 0.25) is 0 Å². The molecule has 1 aliphatic rings. The molecule has 0 aliphatic heterocycles. The maximum absolute atomic E-state index is 12.1. The zero-order valence-electron chi connectivity index (χ0n) is 10.4. The fraction of sp³-hybridized carbons (Fsp3) is 0.286. The molecular formula is C14H13ClN2O2. The molecule has 19 heavy (non-hydrogen) atoms. The molecule has 0 unspecified atom stereocenters. The number of halogens is 1. The zero-order valence-corrected chi connectivity index (χ0v) is 11.2. The van der Waals surface area contributed by atoms with E-state index in [9.17, 15) is 9.90 Å². The summed E-state index contributed by atoms with van der Waals surface area (Å²) >= 11 is 5.87. The van der Waals surface area contributed by atoms with Crippen LogP contribution in [-0.2, 0) is 0 Å². The van der Waals surface area contributed by atoms with Gasteiger partial charge in [0, 0.05) is 23.5 Å². The third-order valence-electron chi connectivity index (χ3n) is 3.44. The molecule has 3 rings (SSSR count). The molecule has 98 valence electrons. The third-order valence-corrected chi connectivity index (χ3v) is 3.64. The highest BCUT2D eigenvalue weighted by atomic mass is 35.5. The Morgan fingerprint density at radius 1 is 1.42 bits per heavy atom. The molecule has 2 heterocycles. The number of nitrogens with zero attached hydrogens (tertiary/aromatic N) is 2. The minimum absolute atomic E-state index is 0.0985. The average Bonchev–Trinajstić information content (AvgIpc) is 3.12. The molecule has 0 bridgehead atoms. The van der Waals surface area contributed by atoms with E-state index in [1.807, 2.05) is 6.92 Å². The molecule has 4 nitrogen and oxygen atoms in total. The van der Waals surface area contributed by atoms with Crippen molar-refractivity contribution in [3.05, 3.63) is 51.2 Å². The standard InChI is InChI=1S/C14H13ClN2O2/c1-8-14(9-2-3-9)11(18)7-13(19)17(8)10-4-5-16-12(15)6-10/h4-7,9,18H,2-3H2,1H3. The summed E-state index contributed by atoms with van der Waals surface area (Å²) in [4.78, 5) is 16.0. The smallest absolute Gasteiger partial charge is 0.259 e. The molecule has 0 atom stereocenters. The summed E-state index contributed by atoms with van der Waals surface area (Å²) in [6.45, 7) is 1.85. The van der Waals surface area contributed by atoms with Crippen LogP contribution in [0.5, 0.6) is 5.75 Å². The first-order valence-corrected chi connectivity index (χ1v) is 6.53. The predicted octanol–water partition coefficient (Wildman–Crippen LogP) is 2.78. The van der Waals surface area contributed by atoms with E-state index in [1.54, 1.807) is 22.9 Å². The van der Waals surface area contributed by atoms with Crippen molar-refractivity contribution in [3.63, 3.8) is 0 Å². The monoisotopic (exact) mass is 276 g/mol. The largest absolute Gasteiger partial charge is 0.507 e. The summed E-state index contributed by atoms with van der Waals surface area (Å²) in [6.07, 6.45) is 3.68. The van der Waals surface area contributed by atoms with Gasteiger partial charge in [-0.15, -0.1) is 0 Å². The lowest BCUT2D eigenvalue weighted by molar-refractivity contribution is 0.464. The van der Waals surface area contributed by atoms with Crippen LogP contribution in [0.3, 0.4) is 0 Å². The van der Waals surface area contributed by atoms with E-state index >= 15 is 0 Å². The molecular weight excluding hydrogens is 264 g/mol. The number of rotatable bonds is 2. The van der Waals surface area contributed by atoms with E-state index in [0.29, 0.717) is 16.8 Å². The van der Waals surface area contributed by atoms with Gasteiger partial charge in [-0.05, 0) is 37.8 Å². The maximum atomic E-state index is 12.1. The first-order valence-electron chi connectivity index (χ1n) is 6.15. The van der Waals surface area contributed by atoms with Crippen molar-refractivity contribution >= 4 is 11.6 Å². The Bertz CT molecular complexity index is 705. The van der Waals surface area contributed by atoms with Gasteiger partial charge in [-0.25, -0.2) is 4.98 Å². The Morgan fingerprint density at radius 2 is 2.16 bits per heavy atom. The number of hydrogen-bond donors (Lipinski definition) is 1. The first-order chi connectivity index (χ1) is 9.08. The predicted molar refractivity (Wildman–Crippen MR) is 73.2 cm³/mol. The quantitative estimate of drug-likeness (QED) is 0.858. The second-order valence-corrected chi connectivity index (χ2v) is 5.20. The van der Waals surface area contributed by atoms with Crippen molar-refractivity contribution in [2.24, 2.45) is 0 Å². The summed E-state index contributed by atoms with van der Waals surface area (Å²) in [7, 11) is 0. The number of hydrogen-bond acceptors (Lipinski definition) is 3. The lowest BCUT2D eigenvalue weighted by Crippen LogP contribution is -2.21. The summed E-state index contributed by atoms with van der Waals surface area (Å²) < 4.78 is 1.57. The van der Waals surface area contributed by atoms with Crippen LogP contribution >= 0.6 is 11.6 Å². The third kappa shape index (κ3) is 2.12. The number of aromatic nitrogens is 2. The summed E-state index contributed by atoms with van der Waals surface area (Å²) in [5.41, 5.74) is 2.05. The number of pyridine rings is 2. The summed E-state index contributed by atoms with van der Waals surface area (Å²) in [6, 6.07) is 4.65. The van der Waals surface area contributed by atoms with Crippen molar-refractivity contribution in [2.45, 2.75) is 25.7 Å². The summed E-state index contributed by atoms with van der Waals surface area (Å²) in [5.74, 6) is 0.463. The molecule has 0 saturated heterocycles. The molecule has 1 aliphatic carbocycles. The molecule has 0 aromatic carbocycles. The topological polar surface area (TPSA) is 55.1 Å². The van der Waals surface area contributed by atoms with Crippen molar-refractivity contribution in [1.82, 2.24) is 9.55 Å². The molecule has 2 aromatic heterocycles. The zero-order chi connectivity index (χ0) is 13.6. The van der Waals surface area contributed by atoms with Crippen LogP contribution in [-0.4, -0.2) is 14.7 Å². The molecule has 0 spiro atoms. The van der Waals surface area contributed by atoms with Gasteiger partial charge < -0.3 is 5.11 Å². The second-order valence-electron chi connectivity index (χ2n) is 4.81. The molecule has 1 fully saturated rings. The lowest BCUT2D eigenvalue weighted by Gasteiger charge is -2.15. The molecule has 5 heteroatoms. The Hall–Kier alpha value is -1.81. The van der Waals surface area contributed by atoms with Gasteiger partial charge in [-0.2, -0.15) is 0 Å². The second kappa shape index (κ2) is 4.38. The molecule has 2 aromatic rings. The Kier molecular flexibility index (Phi) is 2.82. The van der Waals surface area contributed by atoms with Crippen LogP contribution < -0.4 is 5.56 Å². The molecule has 1 N–H and O–H groups in total. The average molecular weight is 277 g/mol. The molecule has 0 amide bonds. The van der Waals surface area contributed by atoms with Crippen LogP contribution in [0.15, 0.2) is 29.2 Å². The summed E-state index contributed by atoms with van der Waals surface area (Å²) in [5, 5.41) is 10.3. The van der Waals surface area contributed by atoms with Gasteiger partial charge in [-0.1, -0.05) is 11.6 Å². The van der Waals surface area contributed by atoms with Gasteiger partial charge >= 0.3 is 0 Å². The maximum Gasteiger partial charge on any atom is 0.259 e.